The van der Waals surface area contributed by atoms with Crippen molar-refractivity contribution in [2.75, 3.05) is 13.1 Å². The quantitative estimate of drug-likeness (QED) is 0.627. The molecule has 4 rings (SSSR count). The van der Waals surface area contributed by atoms with Gasteiger partial charge in [-0.05, 0) is 60.2 Å². The van der Waals surface area contributed by atoms with Gasteiger partial charge in [0.2, 0.25) is 0 Å². The number of amides is 1. The molecule has 0 spiro atoms. The molecule has 6 heteroatoms. The lowest BCUT2D eigenvalue weighted by Gasteiger charge is -2.33. The van der Waals surface area contributed by atoms with E-state index in [0.717, 1.165) is 29.8 Å². The maximum atomic E-state index is 13.1. The van der Waals surface area contributed by atoms with E-state index in [1.54, 1.807) is 11.0 Å². The second-order valence-corrected chi connectivity index (χ2v) is 8.80. The molecule has 4 N–H and O–H groups in total. The highest BCUT2D eigenvalue weighted by Gasteiger charge is 2.35. The van der Waals surface area contributed by atoms with E-state index in [-0.39, 0.29) is 24.0 Å². The van der Waals surface area contributed by atoms with Crippen molar-refractivity contribution < 1.29 is 20.1 Å². The van der Waals surface area contributed by atoms with Crippen LogP contribution in [0.2, 0.25) is 0 Å². The predicted molar refractivity (Wildman–Crippen MR) is 110 cm³/mol. The number of rotatable bonds is 3. The number of nitrogens with zero attached hydrogens (tertiary/aromatic N) is 1. The number of allylic oxidation sites excluding steroid dienone is 2. The van der Waals surface area contributed by atoms with Gasteiger partial charge >= 0.3 is 0 Å². The summed E-state index contributed by atoms with van der Waals surface area (Å²) < 4.78 is 0. The van der Waals surface area contributed by atoms with Crippen molar-refractivity contribution >= 4 is 5.91 Å². The van der Waals surface area contributed by atoms with Crippen LogP contribution < -0.4 is 5.32 Å². The number of hydrogen-bond acceptors (Lipinski definition) is 5. The first-order valence-electron chi connectivity index (χ1n) is 10.4. The van der Waals surface area contributed by atoms with Crippen LogP contribution in [0.25, 0.3) is 0 Å². The van der Waals surface area contributed by atoms with Gasteiger partial charge in [0.25, 0.3) is 5.91 Å². The molecule has 1 amide bonds. The van der Waals surface area contributed by atoms with Gasteiger partial charge in [-0.15, -0.1) is 0 Å². The van der Waals surface area contributed by atoms with Gasteiger partial charge < -0.3 is 25.5 Å². The van der Waals surface area contributed by atoms with Crippen LogP contribution in [0.5, 0.6) is 0 Å². The highest BCUT2D eigenvalue weighted by Crippen LogP contribution is 2.35. The fraction of sp³-hybridized carbons (Fsp3) is 0.522. The Labute approximate surface area is 171 Å². The number of aliphatic hydroxyl groups excluding tert-OH is 2. The minimum Gasteiger partial charge on any atom is -0.512 e. The topological polar surface area (TPSA) is 93.0 Å². The largest absolute Gasteiger partial charge is 0.512 e. The van der Waals surface area contributed by atoms with Crippen LogP contribution >= 0.6 is 0 Å². The SMILES string of the molecule is CC(C)C1=C(O)CC(O)C(C(=O)N2Cc3ccc(C4(O)CCNCC4)cc3C2)=C1. The summed E-state index contributed by atoms with van der Waals surface area (Å²) in [6.07, 6.45) is 2.11. The fourth-order valence-electron chi connectivity index (χ4n) is 4.60. The Morgan fingerprint density at radius 2 is 1.90 bits per heavy atom. The van der Waals surface area contributed by atoms with Crippen LogP contribution in [0.15, 0.2) is 41.2 Å². The zero-order chi connectivity index (χ0) is 20.8. The average Bonchev–Trinajstić information content (AvgIpc) is 3.11. The van der Waals surface area contributed by atoms with Crippen molar-refractivity contribution in [1.82, 2.24) is 10.2 Å². The van der Waals surface area contributed by atoms with E-state index in [1.165, 1.54) is 0 Å². The molecular weight excluding hydrogens is 368 g/mol. The first kappa shape index (κ1) is 20.1. The number of benzene rings is 1. The van der Waals surface area contributed by atoms with Crippen LogP contribution in [0.4, 0.5) is 0 Å². The van der Waals surface area contributed by atoms with Crippen molar-refractivity contribution in [1.29, 1.82) is 0 Å². The van der Waals surface area contributed by atoms with Crippen LogP contribution in [0.3, 0.4) is 0 Å². The van der Waals surface area contributed by atoms with Gasteiger partial charge in [-0.3, -0.25) is 4.79 Å². The van der Waals surface area contributed by atoms with Crippen molar-refractivity contribution in [2.24, 2.45) is 5.92 Å². The van der Waals surface area contributed by atoms with E-state index >= 15 is 0 Å². The standard InChI is InChI=1S/C23H30N2O4/c1-14(2)18-10-19(21(27)11-20(18)26)22(28)25-12-15-3-4-17(9-16(15)13-25)23(29)5-7-24-8-6-23/h3-4,9-10,14,21,24,26-27,29H,5-8,11-13H2,1-2H3. The number of piperidine rings is 1. The van der Waals surface area contributed by atoms with Gasteiger partial charge in [-0.1, -0.05) is 32.0 Å². The van der Waals surface area contributed by atoms with Crippen molar-refractivity contribution in [3.05, 3.63) is 57.9 Å². The molecule has 1 atom stereocenters. The highest BCUT2D eigenvalue weighted by atomic mass is 16.3. The van der Waals surface area contributed by atoms with Crippen LogP contribution in [-0.4, -0.2) is 45.3 Å². The number of nitrogens with one attached hydrogen (secondary N) is 1. The lowest BCUT2D eigenvalue weighted by Crippen LogP contribution is -2.39. The molecule has 2 aliphatic heterocycles. The summed E-state index contributed by atoms with van der Waals surface area (Å²) in [5.41, 5.74) is 3.29. The molecule has 0 radical (unpaired) electrons. The third-order valence-corrected chi connectivity index (χ3v) is 6.44. The van der Waals surface area contributed by atoms with E-state index in [1.807, 2.05) is 32.0 Å². The molecule has 0 bridgehead atoms. The molecule has 1 aromatic carbocycles. The first-order valence-corrected chi connectivity index (χ1v) is 10.4. The Balaban J connectivity index is 1.55. The monoisotopic (exact) mass is 398 g/mol. The highest BCUT2D eigenvalue weighted by molar-refractivity contribution is 5.95. The lowest BCUT2D eigenvalue weighted by atomic mass is 9.84. The third-order valence-electron chi connectivity index (χ3n) is 6.44. The van der Waals surface area contributed by atoms with Gasteiger partial charge in [0.1, 0.15) is 0 Å². The molecule has 0 saturated carbocycles. The number of aliphatic hydroxyl groups is 3. The molecule has 156 valence electrons. The summed E-state index contributed by atoms with van der Waals surface area (Å²) >= 11 is 0. The Kier molecular flexibility index (Phi) is 5.27. The Morgan fingerprint density at radius 3 is 2.59 bits per heavy atom. The minimum atomic E-state index is -0.986. The second kappa shape index (κ2) is 7.59. The number of carbonyl (C=O) groups excluding carboxylic acids is 1. The van der Waals surface area contributed by atoms with Gasteiger partial charge in [0.15, 0.2) is 0 Å². The number of hydrogen-bond donors (Lipinski definition) is 4. The summed E-state index contributed by atoms with van der Waals surface area (Å²) in [5.74, 6) is 0.0458. The van der Waals surface area contributed by atoms with Crippen molar-refractivity contribution in [3.8, 4) is 0 Å². The van der Waals surface area contributed by atoms with Gasteiger partial charge in [-0.2, -0.15) is 0 Å². The maximum Gasteiger partial charge on any atom is 0.253 e. The van der Waals surface area contributed by atoms with E-state index in [2.05, 4.69) is 5.32 Å². The fourth-order valence-corrected chi connectivity index (χ4v) is 4.60. The molecule has 0 aromatic heterocycles. The van der Waals surface area contributed by atoms with Crippen LogP contribution in [-0.2, 0) is 23.5 Å². The van der Waals surface area contributed by atoms with Gasteiger partial charge in [0, 0.05) is 25.1 Å². The number of fused-ring (bicyclic) bond motifs is 1. The van der Waals surface area contributed by atoms with E-state index in [4.69, 9.17) is 0 Å². The van der Waals surface area contributed by atoms with Crippen LogP contribution in [0.1, 0.15) is 49.8 Å². The average molecular weight is 399 g/mol. The summed E-state index contributed by atoms with van der Waals surface area (Å²) in [7, 11) is 0. The zero-order valence-electron chi connectivity index (χ0n) is 17.1. The second-order valence-electron chi connectivity index (χ2n) is 8.80. The minimum absolute atomic E-state index is 0.0781. The Morgan fingerprint density at radius 1 is 1.21 bits per heavy atom. The number of carbonyl (C=O) groups is 1. The first-order chi connectivity index (χ1) is 13.8. The third kappa shape index (κ3) is 3.72. The molecule has 2 heterocycles. The molecule has 1 aromatic rings. The van der Waals surface area contributed by atoms with Crippen molar-refractivity contribution in [3.63, 3.8) is 0 Å². The summed E-state index contributed by atoms with van der Waals surface area (Å²) in [5, 5.41) is 34.8. The summed E-state index contributed by atoms with van der Waals surface area (Å²) in [6, 6.07) is 6.02. The van der Waals surface area contributed by atoms with E-state index in [9.17, 15) is 20.1 Å². The van der Waals surface area contributed by atoms with E-state index < -0.39 is 11.7 Å². The maximum absolute atomic E-state index is 13.1. The summed E-state index contributed by atoms with van der Waals surface area (Å²) in [6.45, 7) is 6.46. The predicted octanol–water partition coefficient (Wildman–Crippen LogP) is 2.26. The molecule has 29 heavy (non-hydrogen) atoms. The molecule has 3 aliphatic rings. The molecule has 1 fully saturated rings. The smallest absolute Gasteiger partial charge is 0.253 e. The molecule has 1 aliphatic carbocycles. The molecule has 1 unspecified atom stereocenters. The van der Waals surface area contributed by atoms with E-state index in [0.29, 0.717) is 37.1 Å². The normalized spacial score (nSPS) is 24.0. The molecular formula is C23H30N2O4. The van der Waals surface area contributed by atoms with Crippen molar-refractivity contribution in [2.45, 2.75) is 57.9 Å². The van der Waals surface area contributed by atoms with Crippen LogP contribution in [0, 0.1) is 5.92 Å². The lowest BCUT2D eigenvalue weighted by molar-refractivity contribution is -0.128. The van der Waals surface area contributed by atoms with Gasteiger partial charge in [0.05, 0.1) is 17.5 Å². The Bertz CT molecular complexity index is 881. The Hall–Kier alpha value is -2.15. The molecule has 1 saturated heterocycles. The van der Waals surface area contributed by atoms with Gasteiger partial charge in [-0.25, -0.2) is 0 Å². The summed E-state index contributed by atoms with van der Waals surface area (Å²) in [4.78, 5) is 14.9. The molecule has 6 nitrogen and oxygen atoms in total. The zero-order valence-corrected chi connectivity index (χ0v) is 17.1.